The normalized spacial score (nSPS) is 21.3. The summed E-state index contributed by atoms with van der Waals surface area (Å²) in [4.78, 5) is 30.1. The number of hydrogen-bond donors (Lipinski definition) is 1. The number of anilines is 1. The van der Waals surface area contributed by atoms with Crippen LogP contribution in [0.25, 0.3) is 10.4 Å². The molecule has 4 rings (SSSR count). The zero-order chi connectivity index (χ0) is 22.0. The van der Waals surface area contributed by atoms with E-state index in [2.05, 4.69) is 10.3 Å². The summed E-state index contributed by atoms with van der Waals surface area (Å²) >= 11 is 1.50. The quantitative estimate of drug-likeness (QED) is 0.747. The second kappa shape index (κ2) is 9.32. The third kappa shape index (κ3) is 5.04. The number of amides is 2. The second-order valence-corrected chi connectivity index (χ2v) is 9.12. The van der Waals surface area contributed by atoms with Crippen LogP contribution in [0, 0.1) is 5.82 Å². The van der Waals surface area contributed by atoms with Crippen molar-refractivity contribution in [2.24, 2.45) is 0 Å². The van der Waals surface area contributed by atoms with E-state index in [1.807, 2.05) is 0 Å². The summed E-state index contributed by atoms with van der Waals surface area (Å²) in [5.41, 5.74) is 1.01. The van der Waals surface area contributed by atoms with Gasteiger partial charge in [-0.15, -0.1) is 11.3 Å². The molecule has 31 heavy (non-hydrogen) atoms. The average molecular weight is 448 g/mol. The topological polar surface area (TPSA) is 80.8 Å². The summed E-state index contributed by atoms with van der Waals surface area (Å²) in [5, 5.41) is 3.93. The largest absolute Gasteiger partial charge is 0.441 e. The van der Waals surface area contributed by atoms with Gasteiger partial charge in [0.15, 0.2) is 6.10 Å². The molecule has 0 radical (unpaired) electrons. The van der Waals surface area contributed by atoms with Crippen LogP contribution in [-0.4, -0.2) is 49.4 Å². The van der Waals surface area contributed by atoms with Crippen LogP contribution in [0.2, 0.25) is 0 Å². The maximum absolute atomic E-state index is 14.7. The molecule has 1 aliphatic heterocycles. The Balaban J connectivity index is 1.34. The predicted octanol–water partition coefficient (Wildman–Crippen LogP) is 4.08. The lowest BCUT2D eigenvalue weighted by Gasteiger charge is -2.30. The van der Waals surface area contributed by atoms with E-state index in [-0.39, 0.29) is 30.0 Å². The lowest BCUT2D eigenvalue weighted by Crippen LogP contribution is -2.44. The van der Waals surface area contributed by atoms with E-state index in [1.165, 1.54) is 29.2 Å². The van der Waals surface area contributed by atoms with Crippen molar-refractivity contribution in [2.45, 2.75) is 50.7 Å². The highest BCUT2D eigenvalue weighted by Crippen LogP contribution is 2.38. The average Bonchev–Trinajstić information content (AvgIpc) is 3.20. The van der Waals surface area contributed by atoms with Gasteiger partial charge in [0.1, 0.15) is 5.82 Å². The number of rotatable bonds is 5. The molecular formula is C22H26FN3O4S. The smallest absolute Gasteiger partial charge is 0.407 e. The van der Waals surface area contributed by atoms with Crippen molar-refractivity contribution in [1.29, 1.82) is 0 Å². The van der Waals surface area contributed by atoms with Gasteiger partial charge in [0.2, 0.25) is 5.91 Å². The van der Waals surface area contributed by atoms with Crippen LogP contribution >= 0.6 is 11.3 Å². The van der Waals surface area contributed by atoms with Gasteiger partial charge in [-0.25, -0.2) is 14.2 Å². The lowest BCUT2D eigenvalue weighted by atomic mass is 9.86. The van der Waals surface area contributed by atoms with Gasteiger partial charge in [-0.2, -0.15) is 0 Å². The molecular weight excluding hydrogens is 421 g/mol. The summed E-state index contributed by atoms with van der Waals surface area (Å²) in [5.74, 6) is -0.217. The summed E-state index contributed by atoms with van der Waals surface area (Å²) < 4.78 is 24.9. The molecule has 2 aromatic rings. The zero-order valence-electron chi connectivity index (χ0n) is 17.6. The maximum atomic E-state index is 14.7. The molecule has 0 spiro atoms. The first-order chi connectivity index (χ1) is 14.9. The molecule has 1 aromatic carbocycles. The number of benzene rings is 1. The van der Waals surface area contributed by atoms with Crippen molar-refractivity contribution in [3.8, 4) is 10.4 Å². The van der Waals surface area contributed by atoms with Crippen molar-refractivity contribution >= 4 is 29.0 Å². The van der Waals surface area contributed by atoms with Crippen LogP contribution in [0.3, 0.4) is 0 Å². The Hall–Kier alpha value is -2.52. The number of hydrogen-bond acceptors (Lipinski definition) is 6. The number of alkyl carbamates (subject to hydrolysis) is 1. The molecule has 1 N–H and O–H groups in total. The fourth-order valence-electron chi connectivity index (χ4n) is 3.81. The zero-order valence-corrected chi connectivity index (χ0v) is 18.4. The van der Waals surface area contributed by atoms with E-state index < -0.39 is 0 Å². The molecule has 0 atom stereocenters. The minimum atomic E-state index is -0.373. The molecule has 2 heterocycles. The van der Waals surface area contributed by atoms with E-state index in [1.54, 1.807) is 25.4 Å². The Kier molecular flexibility index (Phi) is 6.52. The Bertz CT molecular complexity index is 954. The molecule has 7 nitrogen and oxygen atoms in total. The molecule has 2 fully saturated rings. The number of halogens is 1. The molecule has 0 unspecified atom stereocenters. The molecule has 1 aromatic heterocycles. The fourth-order valence-corrected chi connectivity index (χ4v) is 4.93. The monoisotopic (exact) mass is 447 g/mol. The Morgan fingerprint density at radius 1 is 1.26 bits per heavy atom. The van der Waals surface area contributed by atoms with Gasteiger partial charge in [0.25, 0.3) is 0 Å². The van der Waals surface area contributed by atoms with Crippen LogP contribution in [0.1, 0.15) is 43.5 Å². The molecule has 1 saturated heterocycles. The number of nitrogens with one attached hydrogen (secondary N) is 1. The van der Waals surface area contributed by atoms with E-state index in [9.17, 15) is 14.0 Å². The molecule has 1 aliphatic carbocycles. The van der Waals surface area contributed by atoms with Crippen LogP contribution in [0.15, 0.2) is 24.4 Å². The number of nitrogens with zero attached hydrogens (tertiary/aromatic N) is 2. The van der Waals surface area contributed by atoms with Crippen LogP contribution in [-0.2, 0) is 14.3 Å². The first-order valence-corrected chi connectivity index (χ1v) is 11.3. The van der Waals surface area contributed by atoms with Crippen molar-refractivity contribution in [3.05, 3.63) is 35.2 Å². The van der Waals surface area contributed by atoms with Crippen molar-refractivity contribution in [1.82, 2.24) is 10.3 Å². The van der Waals surface area contributed by atoms with Gasteiger partial charge in [-0.1, -0.05) is 0 Å². The number of ether oxygens (including phenoxy) is 2. The number of thiazole rings is 1. The molecule has 2 amide bonds. The Morgan fingerprint density at radius 3 is 2.61 bits per heavy atom. The van der Waals surface area contributed by atoms with Gasteiger partial charge in [0, 0.05) is 43.4 Å². The van der Waals surface area contributed by atoms with E-state index >= 15 is 0 Å². The van der Waals surface area contributed by atoms with Crippen molar-refractivity contribution in [3.63, 3.8) is 0 Å². The first kappa shape index (κ1) is 21.7. The van der Waals surface area contributed by atoms with E-state index in [0.29, 0.717) is 30.4 Å². The van der Waals surface area contributed by atoms with Gasteiger partial charge >= 0.3 is 6.09 Å². The molecule has 166 valence electrons. The number of carbonyl (C=O) groups is 2. The maximum Gasteiger partial charge on any atom is 0.407 e. The Labute approximate surface area is 184 Å². The van der Waals surface area contributed by atoms with Gasteiger partial charge in [-0.3, -0.25) is 4.79 Å². The minimum Gasteiger partial charge on any atom is -0.441 e. The van der Waals surface area contributed by atoms with Gasteiger partial charge in [-0.05, 0) is 43.9 Å². The van der Waals surface area contributed by atoms with Crippen LogP contribution in [0.5, 0.6) is 0 Å². The third-order valence-corrected chi connectivity index (χ3v) is 7.07. The van der Waals surface area contributed by atoms with Gasteiger partial charge < -0.3 is 19.7 Å². The van der Waals surface area contributed by atoms with E-state index in [4.69, 9.17) is 9.47 Å². The highest BCUT2D eigenvalue weighted by Gasteiger charge is 2.28. The second-order valence-electron chi connectivity index (χ2n) is 8.06. The summed E-state index contributed by atoms with van der Waals surface area (Å²) in [7, 11) is 1.62. The standard InChI is InChI=1S/C22H26FN3O4S/c1-13(27)26(2)16-7-8-18(19(23)9-16)20-10-24-21(31-20)14-3-5-15(6-4-14)25-22(28)30-17-11-29-12-17/h7-10,14-15,17H,3-6,11-12H2,1-2H3,(H,25,28). The summed E-state index contributed by atoms with van der Waals surface area (Å²) in [6, 6.07) is 4.92. The number of aromatic nitrogens is 1. The Morgan fingerprint density at radius 2 is 2.00 bits per heavy atom. The molecule has 2 aliphatic rings. The lowest BCUT2D eigenvalue weighted by molar-refractivity contribution is -0.116. The molecule has 1 saturated carbocycles. The third-order valence-electron chi connectivity index (χ3n) is 5.88. The van der Waals surface area contributed by atoms with Gasteiger partial charge in [0.05, 0.1) is 23.1 Å². The van der Waals surface area contributed by atoms with Crippen LogP contribution < -0.4 is 10.2 Å². The van der Waals surface area contributed by atoms with Crippen molar-refractivity contribution < 1.29 is 23.5 Å². The SMILES string of the molecule is CC(=O)N(C)c1ccc(-c2cnc(C3CCC(NC(=O)OC4COC4)CC3)s2)c(F)c1. The highest BCUT2D eigenvalue weighted by molar-refractivity contribution is 7.15. The van der Waals surface area contributed by atoms with E-state index in [0.717, 1.165) is 35.6 Å². The summed E-state index contributed by atoms with van der Waals surface area (Å²) in [6.45, 7) is 2.39. The van der Waals surface area contributed by atoms with Crippen LogP contribution in [0.4, 0.5) is 14.9 Å². The molecule has 0 bridgehead atoms. The first-order valence-electron chi connectivity index (χ1n) is 10.5. The summed E-state index contributed by atoms with van der Waals surface area (Å²) in [6.07, 6.45) is 4.76. The fraction of sp³-hybridized carbons (Fsp3) is 0.500. The molecule has 9 heteroatoms. The predicted molar refractivity (Wildman–Crippen MR) is 116 cm³/mol. The highest BCUT2D eigenvalue weighted by atomic mass is 32.1. The minimum absolute atomic E-state index is 0.104. The number of carbonyl (C=O) groups excluding carboxylic acids is 2. The van der Waals surface area contributed by atoms with Crippen molar-refractivity contribution in [2.75, 3.05) is 25.2 Å².